The van der Waals surface area contributed by atoms with Crippen molar-refractivity contribution < 1.29 is 4.42 Å². The fourth-order valence-corrected chi connectivity index (χ4v) is 2.15. The van der Waals surface area contributed by atoms with Gasteiger partial charge in [0.25, 0.3) is 0 Å². The van der Waals surface area contributed by atoms with E-state index in [1.54, 1.807) is 0 Å². The van der Waals surface area contributed by atoms with Gasteiger partial charge in [0.15, 0.2) is 0 Å². The van der Waals surface area contributed by atoms with Crippen LogP contribution in [0.4, 0.5) is 5.69 Å². The molecular formula is C17H17N3O. The first kappa shape index (κ1) is 13.4. The molecule has 3 aromatic rings. The number of hydrogen-bond acceptors (Lipinski definition) is 4. The molecule has 1 atom stereocenters. The van der Waals surface area contributed by atoms with Crippen LogP contribution in [0.5, 0.6) is 0 Å². The van der Waals surface area contributed by atoms with Crippen molar-refractivity contribution in [3.63, 3.8) is 0 Å². The Balaban J connectivity index is 1.77. The van der Waals surface area contributed by atoms with Gasteiger partial charge < -0.3 is 9.73 Å². The minimum atomic E-state index is -0.0447. The molecule has 3 rings (SSSR count). The molecule has 1 aromatic heterocycles. The summed E-state index contributed by atoms with van der Waals surface area (Å²) < 4.78 is 5.75. The topological polar surface area (TPSA) is 51.0 Å². The maximum absolute atomic E-state index is 5.75. The molecule has 0 saturated carbocycles. The zero-order chi connectivity index (χ0) is 14.7. The van der Waals surface area contributed by atoms with Crippen LogP contribution in [0.15, 0.2) is 59.0 Å². The van der Waals surface area contributed by atoms with Gasteiger partial charge in [-0.1, -0.05) is 30.3 Å². The second-order valence-electron chi connectivity index (χ2n) is 5.05. The summed E-state index contributed by atoms with van der Waals surface area (Å²) >= 11 is 0. The van der Waals surface area contributed by atoms with E-state index in [0.29, 0.717) is 11.8 Å². The monoisotopic (exact) mass is 279 g/mol. The normalized spacial score (nSPS) is 12.1. The lowest BCUT2D eigenvalue weighted by Crippen LogP contribution is -2.07. The molecule has 1 heterocycles. The van der Waals surface area contributed by atoms with E-state index >= 15 is 0 Å². The summed E-state index contributed by atoms with van der Waals surface area (Å²) in [4.78, 5) is 0. The van der Waals surface area contributed by atoms with Gasteiger partial charge in [-0.25, -0.2) is 0 Å². The van der Waals surface area contributed by atoms with Gasteiger partial charge in [-0.05, 0) is 43.7 Å². The van der Waals surface area contributed by atoms with E-state index in [4.69, 9.17) is 4.42 Å². The molecule has 0 amide bonds. The van der Waals surface area contributed by atoms with E-state index in [1.165, 1.54) is 5.56 Å². The molecule has 4 heteroatoms. The minimum Gasteiger partial charge on any atom is -0.418 e. The highest BCUT2D eigenvalue weighted by Crippen LogP contribution is 2.23. The fourth-order valence-electron chi connectivity index (χ4n) is 2.15. The molecule has 0 aliphatic carbocycles. The van der Waals surface area contributed by atoms with E-state index in [1.807, 2.05) is 49.4 Å². The van der Waals surface area contributed by atoms with Crippen molar-refractivity contribution in [2.45, 2.75) is 19.9 Å². The quantitative estimate of drug-likeness (QED) is 0.777. The van der Waals surface area contributed by atoms with Crippen LogP contribution < -0.4 is 5.32 Å². The highest BCUT2D eigenvalue weighted by molar-refractivity contribution is 5.52. The Labute approximate surface area is 123 Å². The third kappa shape index (κ3) is 3.11. The Hall–Kier alpha value is -2.62. The van der Waals surface area contributed by atoms with Crippen molar-refractivity contribution in [3.8, 4) is 11.5 Å². The third-order valence-corrected chi connectivity index (χ3v) is 3.23. The summed E-state index contributed by atoms with van der Waals surface area (Å²) in [5.74, 6) is 1.12. The first-order valence-corrected chi connectivity index (χ1v) is 6.94. The Morgan fingerprint density at radius 3 is 2.57 bits per heavy atom. The number of hydrogen-bond donors (Lipinski definition) is 1. The van der Waals surface area contributed by atoms with Crippen LogP contribution in [0, 0.1) is 6.92 Å². The predicted octanol–water partition coefficient (Wildman–Crippen LogP) is 4.22. The second kappa shape index (κ2) is 5.79. The van der Waals surface area contributed by atoms with Crippen LogP contribution in [0.2, 0.25) is 0 Å². The van der Waals surface area contributed by atoms with Crippen LogP contribution >= 0.6 is 0 Å². The molecule has 21 heavy (non-hydrogen) atoms. The van der Waals surface area contributed by atoms with Gasteiger partial charge in [-0.3, -0.25) is 0 Å². The molecule has 0 aliphatic rings. The number of nitrogens with one attached hydrogen (secondary N) is 1. The first-order valence-electron chi connectivity index (χ1n) is 6.94. The van der Waals surface area contributed by atoms with Gasteiger partial charge in [-0.15, -0.1) is 10.2 Å². The summed E-state index contributed by atoms with van der Waals surface area (Å²) in [6, 6.07) is 17.9. The van der Waals surface area contributed by atoms with E-state index in [2.05, 4.69) is 34.6 Å². The number of aromatic nitrogens is 2. The molecule has 0 saturated heterocycles. The summed E-state index contributed by atoms with van der Waals surface area (Å²) in [5.41, 5.74) is 3.18. The van der Waals surface area contributed by atoms with Crippen LogP contribution in [0.25, 0.3) is 11.5 Å². The summed E-state index contributed by atoms with van der Waals surface area (Å²) in [6.45, 7) is 4.07. The van der Waals surface area contributed by atoms with Gasteiger partial charge in [0.2, 0.25) is 11.8 Å². The molecule has 0 fully saturated rings. The molecule has 2 aromatic carbocycles. The largest absolute Gasteiger partial charge is 0.418 e. The van der Waals surface area contributed by atoms with Crippen LogP contribution in [0.3, 0.4) is 0 Å². The molecule has 4 nitrogen and oxygen atoms in total. The Morgan fingerprint density at radius 2 is 1.81 bits per heavy atom. The summed E-state index contributed by atoms with van der Waals surface area (Å²) in [6.07, 6.45) is 0. The lowest BCUT2D eigenvalue weighted by molar-refractivity contribution is 0.485. The Morgan fingerprint density at radius 1 is 1.00 bits per heavy atom. The van der Waals surface area contributed by atoms with Crippen LogP contribution in [0.1, 0.15) is 24.4 Å². The van der Waals surface area contributed by atoms with Crippen LogP contribution in [-0.4, -0.2) is 10.2 Å². The zero-order valence-corrected chi connectivity index (χ0v) is 12.1. The average Bonchev–Trinajstić information content (AvgIpc) is 2.98. The lowest BCUT2D eigenvalue weighted by Gasteiger charge is -2.11. The molecule has 0 radical (unpaired) electrons. The van der Waals surface area contributed by atoms with Gasteiger partial charge >= 0.3 is 0 Å². The number of aryl methyl sites for hydroxylation is 1. The number of nitrogens with zero attached hydrogens (tertiary/aromatic N) is 2. The highest BCUT2D eigenvalue weighted by atomic mass is 16.4. The van der Waals surface area contributed by atoms with Gasteiger partial charge in [0.1, 0.15) is 6.04 Å². The SMILES string of the molecule is Cc1cccc(N[C@H](C)c2nnc(-c3ccccc3)o2)c1. The molecule has 1 N–H and O–H groups in total. The van der Waals surface area contributed by atoms with Crippen molar-refractivity contribution >= 4 is 5.69 Å². The van der Waals surface area contributed by atoms with E-state index < -0.39 is 0 Å². The first-order chi connectivity index (χ1) is 10.2. The van der Waals surface area contributed by atoms with Gasteiger partial charge in [-0.2, -0.15) is 0 Å². The van der Waals surface area contributed by atoms with Crippen LogP contribution in [-0.2, 0) is 0 Å². The van der Waals surface area contributed by atoms with Crippen molar-refractivity contribution in [3.05, 3.63) is 66.1 Å². The number of anilines is 1. The predicted molar refractivity (Wildman–Crippen MR) is 83.0 cm³/mol. The van der Waals surface area contributed by atoms with Crippen molar-refractivity contribution in [1.29, 1.82) is 0 Å². The Bertz CT molecular complexity index is 722. The molecular weight excluding hydrogens is 262 g/mol. The van der Waals surface area contributed by atoms with E-state index in [-0.39, 0.29) is 6.04 Å². The maximum atomic E-state index is 5.75. The third-order valence-electron chi connectivity index (χ3n) is 3.23. The Kier molecular flexibility index (Phi) is 3.69. The molecule has 0 unspecified atom stereocenters. The average molecular weight is 279 g/mol. The summed E-state index contributed by atoms with van der Waals surface area (Å²) in [7, 11) is 0. The van der Waals surface area contributed by atoms with E-state index in [0.717, 1.165) is 11.3 Å². The minimum absolute atomic E-state index is 0.0447. The van der Waals surface area contributed by atoms with Crippen molar-refractivity contribution in [2.75, 3.05) is 5.32 Å². The molecule has 0 aliphatic heterocycles. The standard InChI is InChI=1S/C17H17N3O/c1-12-7-6-10-15(11-12)18-13(2)16-19-20-17(21-16)14-8-4-3-5-9-14/h3-11,13,18H,1-2H3/t13-/m1/s1. The van der Waals surface area contributed by atoms with Gasteiger partial charge in [0.05, 0.1) is 0 Å². The maximum Gasteiger partial charge on any atom is 0.247 e. The molecule has 0 bridgehead atoms. The second-order valence-corrected chi connectivity index (χ2v) is 5.05. The van der Waals surface area contributed by atoms with Crippen molar-refractivity contribution in [2.24, 2.45) is 0 Å². The highest BCUT2D eigenvalue weighted by Gasteiger charge is 2.14. The molecule has 0 spiro atoms. The molecule has 106 valence electrons. The zero-order valence-electron chi connectivity index (χ0n) is 12.1. The lowest BCUT2D eigenvalue weighted by atomic mass is 10.2. The van der Waals surface area contributed by atoms with Gasteiger partial charge in [0, 0.05) is 11.3 Å². The fraction of sp³-hybridized carbons (Fsp3) is 0.176. The smallest absolute Gasteiger partial charge is 0.247 e. The number of benzene rings is 2. The van der Waals surface area contributed by atoms with Crippen molar-refractivity contribution in [1.82, 2.24) is 10.2 Å². The summed E-state index contributed by atoms with van der Waals surface area (Å²) in [5, 5.41) is 11.6. The number of rotatable bonds is 4. The van der Waals surface area contributed by atoms with E-state index in [9.17, 15) is 0 Å².